The molecule has 36 heavy (non-hydrogen) atoms. The molecule has 3 N–H and O–H groups in total. The summed E-state index contributed by atoms with van der Waals surface area (Å²) >= 11 is 0. The number of piperazine rings is 1. The van der Waals surface area contributed by atoms with Gasteiger partial charge in [-0.1, -0.05) is 19.1 Å². The number of likely N-dealkylation sites (N-methyl/N-ethyl adjacent to an activating group) is 1. The molecule has 4 rings (SSSR count). The number of nitrogens with zero attached hydrogens (tertiary/aromatic N) is 4. The zero-order valence-corrected chi connectivity index (χ0v) is 21.2. The van der Waals surface area contributed by atoms with E-state index in [2.05, 4.69) is 22.0 Å². The number of ether oxygens (including phenoxy) is 1. The molecule has 0 radical (unpaired) electrons. The number of benzene rings is 2. The number of aromatic nitrogens is 2. The zero-order valence-electron chi connectivity index (χ0n) is 21.2. The molecule has 1 aliphatic rings. The fourth-order valence-electron chi connectivity index (χ4n) is 4.53. The number of nitrogens with one attached hydrogen (secondary N) is 1. The molecule has 1 amide bonds. The molecule has 0 atom stereocenters. The molecule has 1 saturated heterocycles. The third-order valence-electron chi connectivity index (χ3n) is 6.51. The van der Waals surface area contributed by atoms with Crippen molar-refractivity contribution in [1.82, 2.24) is 19.4 Å². The molecule has 1 aromatic heterocycles. The van der Waals surface area contributed by atoms with E-state index in [4.69, 9.17) is 15.5 Å². The number of rotatable bonds is 10. The van der Waals surface area contributed by atoms with E-state index in [0.29, 0.717) is 66.4 Å². The summed E-state index contributed by atoms with van der Waals surface area (Å²) in [7, 11) is 0. The van der Waals surface area contributed by atoms with Gasteiger partial charge in [0, 0.05) is 38.3 Å². The Labute approximate surface area is 211 Å². The average molecular weight is 493 g/mol. The third kappa shape index (κ3) is 5.92. The highest BCUT2D eigenvalue weighted by Crippen LogP contribution is 2.25. The number of nitrogens with two attached hydrogens (primary N) is 1. The van der Waals surface area contributed by atoms with Gasteiger partial charge in [0.05, 0.1) is 29.7 Å². The maximum absolute atomic E-state index is 13.9. The van der Waals surface area contributed by atoms with Crippen LogP contribution in [0.4, 0.5) is 5.69 Å². The fraction of sp³-hybridized carbons (Fsp3) is 0.444. The molecular weight excluding hydrogens is 456 g/mol. The SMILES string of the molecule is CCOc1ccccc1-n1c(CN2CCN(CC)CC2)nc2cc(NC(=O)CCCN)ccc2c1=O. The van der Waals surface area contributed by atoms with Crippen molar-refractivity contribution in [2.24, 2.45) is 5.73 Å². The Morgan fingerprint density at radius 1 is 1.08 bits per heavy atom. The van der Waals surface area contributed by atoms with E-state index in [1.807, 2.05) is 31.2 Å². The smallest absolute Gasteiger partial charge is 0.266 e. The Morgan fingerprint density at radius 2 is 1.83 bits per heavy atom. The second-order valence-electron chi connectivity index (χ2n) is 8.95. The monoisotopic (exact) mass is 492 g/mol. The van der Waals surface area contributed by atoms with Crippen LogP contribution >= 0.6 is 0 Å². The third-order valence-corrected chi connectivity index (χ3v) is 6.51. The Balaban J connectivity index is 1.77. The summed E-state index contributed by atoms with van der Waals surface area (Å²) in [6.07, 6.45) is 0.976. The lowest BCUT2D eigenvalue weighted by molar-refractivity contribution is -0.116. The van der Waals surface area contributed by atoms with Crippen molar-refractivity contribution < 1.29 is 9.53 Å². The van der Waals surface area contributed by atoms with E-state index in [1.54, 1.807) is 22.8 Å². The minimum atomic E-state index is -0.157. The van der Waals surface area contributed by atoms with E-state index in [0.717, 1.165) is 32.7 Å². The van der Waals surface area contributed by atoms with Crippen LogP contribution in [0.25, 0.3) is 16.6 Å². The van der Waals surface area contributed by atoms with Gasteiger partial charge < -0.3 is 20.7 Å². The van der Waals surface area contributed by atoms with Crippen LogP contribution in [0, 0.1) is 0 Å². The van der Waals surface area contributed by atoms with E-state index < -0.39 is 0 Å². The van der Waals surface area contributed by atoms with Crippen molar-refractivity contribution in [2.75, 3.05) is 51.2 Å². The minimum Gasteiger partial charge on any atom is -0.492 e. The standard InChI is InChI=1S/C27H36N6O3/c1-3-31-14-16-32(17-15-31)19-25-30-22-18-20(29-26(34)10-7-13-28)11-12-21(22)27(35)33(25)23-8-5-6-9-24(23)36-4-2/h5-6,8-9,11-12,18H,3-4,7,10,13-17,19,28H2,1-2H3,(H,29,34). The van der Waals surface area contributed by atoms with Gasteiger partial charge in [0.15, 0.2) is 0 Å². The largest absolute Gasteiger partial charge is 0.492 e. The summed E-state index contributed by atoms with van der Waals surface area (Å²) in [6, 6.07) is 12.8. The summed E-state index contributed by atoms with van der Waals surface area (Å²) in [6.45, 7) is 10.4. The first-order valence-electron chi connectivity index (χ1n) is 12.8. The molecule has 2 heterocycles. The fourth-order valence-corrected chi connectivity index (χ4v) is 4.53. The molecule has 2 aromatic carbocycles. The van der Waals surface area contributed by atoms with Gasteiger partial charge in [-0.3, -0.25) is 19.1 Å². The van der Waals surface area contributed by atoms with Crippen LogP contribution in [-0.2, 0) is 11.3 Å². The van der Waals surface area contributed by atoms with Crippen molar-refractivity contribution in [1.29, 1.82) is 0 Å². The number of hydrogen-bond donors (Lipinski definition) is 2. The highest BCUT2D eigenvalue weighted by molar-refractivity contribution is 5.93. The van der Waals surface area contributed by atoms with Crippen LogP contribution in [0.1, 0.15) is 32.5 Å². The molecule has 0 spiro atoms. The highest BCUT2D eigenvalue weighted by Gasteiger charge is 2.21. The lowest BCUT2D eigenvalue weighted by Gasteiger charge is -2.34. The molecule has 192 valence electrons. The minimum absolute atomic E-state index is 0.104. The van der Waals surface area contributed by atoms with Crippen molar-refractivity contribution in [3.05, 3.63) is 58.6 Å². The van der Waals surface area contributed by atoms with Crippen molar-refractivity contribution in [3.8, 4) is 11.4 Å². The van der Waals surface area contributed by atoms with Gasteiger partial charge in [-0.15, -0.1) is 0 Å². The maximum Gasteiger partial charge on any atom is 0.266 e. The topological polar surface area (TPSA) is 106 Å². The maximum atomic E-state index is 13.9. The van der Waals surface area contributed by atoms with Crippen molar-refractivity contribution in [2.45, 2.75) is 33.2 Å². The summed E-state index contributed by atoms with van der Waals surface area (Å²) < 4.78 is 7.54. The first-order valence-corrected chi connectivity index (χ1v) is 12.8. The van der Waals surface area contributed by atoms with Crippen molar-refractivity contribution >= 4 is 22.5 Å². The molecule has 0 saturated carbocycles. The van der Waals surface area contributed by atoms with E-state index >= 15 is 0 Å². The second kappa shape index (κ2) is 12.1. The lowest BCUT2D eigenvalue weighted by atomic mass is 10.2. The van der Waals surface area contributed by atoms with Gasteiger partial charge in [0.2, 0.25) is 5.91 Å². The number of amides is 1. The van der Waals surface area contributed by atoms with Gasteiger partial charge >= 0.3 is 0 Å². The van der Waals surface area contributed by atoms with Gasteiger partial charge in [-0.25, -0.2) is 4.98 Å². The number of hydrogen-bond acceptors (Lipinski definition) is 7. The predicted octanol–water partition coefficient (Wildman–Crippen LogP) is 2.60. The summed E-state index contributed by atoms with van der Waals surface area (Å²) in [5.41, 5.74) is 7.22. The van der Waals surface area contributed by atoms with Gasteiger partial charge in [-0.2, -0.15) is 0 Å². The number of carbonyl (C=O) groups is 1. The van der Waals surface area contributed by atoms with E-state index in [9.17, 15) is 9.59 Å². The van der Waals surface area contributed by atoms with Crippen LogP contribution in [0.5, 0.6) is 5.75 Å². The summed E-state index contributed by atoms with van der Waals surface area (Å²) in [5.74, 6) is 1.19. The molecule has 0 aliphatic carbocycles. The van der Waals surface area contributed by atoms with Crippen molar-refractivity contribution in [3.63, 3.8) is 0 Å². The number of fused-ring (bicyclic) bond motifs is 1. The molecule has 1 aliphatic heterocycles. The first kappa shape index (κ1) is 25.8. The van der Waals surface area contributed by atoms with Gasteiger partial charge in [0.25, 0.3) is 5.56 Å². The predicted molar refractivity (Wildman–Crippen MR) is 143 cm³/mol. The summed E-state index contributed by atoms with van der Waals surface area (Å²) in [5, 5.41) is 3.38. The van der Waals surface area contributed by atoms with E-state index in [-0.39, 0.29) is 11.5 Å². The second-order valence-corrected chi connectivity index (χ2v) is 8.95. The molecule has 3 aromatic rings. The van der Waals surface area contributed by atoms with E-state index in [1.165, 1.54) is 0 Å². The van der Waals surface area contributed by atoms with Crippen LogP contribution in [0.2, 0.25) is 0 Å². The lowest BCUT2D eigenvalue weighted by Crippen LogP contribution is -2.46. The first-order chi connectivity index (χ1) is 17.5. The number of anilines is 1. The Kier molecular flexibility index (Phi) is 8.69. The highest BCUT2D eigenvalue weighted by atomic mass is 16.5. The molecule has 0 unspecified atom stereocenters. The molecule has 9 heteroatoms. The zero-order chi connectivity index (χ0) is 25.5. The molecule has 1 fully saturated rings. The average Bonchev–Trinajstić information content (AvgIpc) is 2.89. The Morgan fingerprint density at radius 3 is 2.56 bits per heavy atom. The molecule has 9 nitrogen and oxygen atoms in total. The van der Waals surface area contributed by atoms with Gasteiger partial charge in [0.1, 0.15) is 11.6 Å². The van der Waals surface area contributed by atoms with Crippen LogP contribution < -0.4 is 21.3 Å². The number of para-hydroxylation sites is 2. The molecule has 0 bridgehead atoms. The Hall–Kier alpha value is -3.27. The number of carbonyl (C=O) groups excluding carboxylic acids is 1. The van der Waals surface area contributed by atoms with Gasteiger partial charge in [-0.05, 0) is 56.8 Å². The van der Waals surface area contributed by atoms with Crippen LogP contribution in [-0.4, -0.2) is 71.1 Å². The Bertz CT molecular complexity index is 1250. The normalized spacial score (nSPS) is 14.8. The van der Waals surface area contributed by atoms with Crippen LogP contribution in [0.3, 0.4) is 0 Å². The quantitative estimate of drug-likeness (QED) is 0.448. The van der Waals surface area contributed by atoms with Crippen LogP contribution in [0.15, 0.2) is 47.3 Å². The molecular formula is C27H36N6O3. The summed E-state index contributed by atoms with van der Waals surface area (Å²) in [4.78, 5) is 35.8.